The summed E-state index contributed by atoms with van der Waals surface area (Å²) in [7, 11) is 0. The Morgan fingerprint density at radius 1 is 1.24 bits per heavy atom. The van der Waals surface area contributed by atoms with Crippen LogP contribution >= 0.6 is 0 Å². The predicted molar refractivity (Wildman–Crippen MR) is 85.8 cm³/mol. The lowest BCUT2D eigenvalue weighted by Crippen LogP contribution is -2.46. The van der Waals surface area contributed by atoms with Crippen molar-refractivity contribution in [3.05, 3.63) is 53.7 Å². The Morgan fingerprint density at radius 2 is 2.04 bits per heavy atom. The number of rotatable bonds is 5. The summed E-state index contributed by atoms with van der Waals surface area (Å²) in [6.45, 7) is 0.674. The Hall–Kier alpha value is -3.16. The second-order valence-corrected chi connectivity index (χ2v) is 5.67. The van der Waals surface area contributed by atoms with Crippen molar-refractivity contribution in [3.63, 3.8) is 0 Å². The number of pyridine rings is 1. The van der Waals surface area contributed by atoms with Gasteiger partial charge in [0.05, 0.1) is 12.8 Å². The summed E-state index contributed by atoms with van der Waals surface area (Å²) in [5.41, 5.74) is -0.186. The van der Waals surface area contributed by atoms with Gasteiger partial charge in [0, 0.05) is 6.54 Å². The molecular formula is C17H17N3O5. The van der Waals surface area contributed by atoms with E-state index in [1.165, 1.54) is 29.4 Å². The fraction of sp³-hybridized carbons (Fsp3) is 0.294. The minimum absolute atomic E-state index is 0.0191. The minimum Gasteiger partial charge on any atom is -0.477 e. The monoisotopic (exact) mass is 343 g/mol. The van der Waals surface area contributed by atoms with Crippen molar-refractivity contribution in [2.75, 3.05) is 6.54 Å². The van der Waals surface area contributed by atoms with Crippen molar-refractivity contribution in [1.29, 1.82) is 0 Å². The molecule has 0 spiro atoms. The Kier molecular flexibility index (Phi) is 4.78. The lowest BCUT2D eigenvalue weighted by molar-refractivity contribution is -0.125. The smallest absolute Gasteiger partial charge is 0.354 e. The molecular weight excluding hydrogens is 326 g/mol. The lowest BCUT2D eigenvalue weighted by Gasteiger charge is -2.23. The van der Waals surface area contributed by atoms with Gasteiger partial charge in [-0.2, -0.15) is 0 Å². The van der Waals surface area contributed by atoms with E-state index in [1.807, 2.05) is 0 Å². The highest BCUT2D eigenvalue weighted by Crippen LogP contribution is 2.20. The van der Waals surface area contributed by atoms with Crippen LogP contribution in [0.2, 0.25) is 0 Å². The summed E-state index contributed by atoms with van der Waals surface area (Å²) in [5, 5.41) is 11.7. The van der Waals surface area contributed by atoms with Crippen molar-refractivity contribution in [2.45, 2.75) is 25.4 Å². The van der Waals surface area contributed by atoms with Gasteiger partial charge in [-0.25, -0.2) is 9.78 Å². The molecule has 0 saturated carbocycles. The van der Waals surface area contributed by atoms with E-state index in [1.54, 1.807) is 12.1 Å². The number of carboxylic acid groups (broad SMARTS) is 1. The summed E-state index contributed by atoms with van der Waals surface area (Å²) >= 11 is 0. The van der Waals surface area contributed by atoms with Gasteiger partial charge in [0.1, 0.15) is 23.2 Å². The summed E-state index contributed by atoms with van der Waals surface area (Å²) in [6, 6.07) is 7.11. The zero-order valence-electron chi connectivity index (χ0n) is 13.3. The number of furan rings is 1. The molecule has 3 rings (SSSR count). The van der Waals surface area contributed by atoms with Crippen molar-refractivity contribution < 1.29 is 23.9 Å². The van der Waals surface area contributed by atoms with Crippen LogP contribution in [-0.4, -0.2) is 45.4 Å². The lowest BCUT2D eigenvalue weighted by atomic mass is 10.2. The quantitative estimate of drug-likeness (QED) is 0.846. The molecule has 8 nitrogen and oxygen atoms in total. The highest BCUT2D eigenvalue weighted by Gasteiger charge is 2.35. The number of amides is 2. The van der Waals surface area contributed by atoms with E-state index >= 15 is 0 Å². The second-order valence-electron chi connectivity index (χ2n) is 5.67. The summed E-state index contributed by atoms with van der Waals surface area (Å²) in [6.07, 6.45) is 2.77. The van der Waals surface area contributed by atoms with Crippen molar-refractivity contribution in [2.24, 2.45) is 0 Å². The molecule has 0 radical (unpaired) electrons. The molecule has 1 atom stereocenters. The molecule has 8 heteroatoms. The van der Waals surface area contributed by atoms with E-state index in [4.69, 9.17) is 9.52 Å². The molecule has 1 saturated heterocycles. The van der Waals surface area contributed by atoms with Crippen LogP contribution in [0.25, 0.3) is 0 Å². The number of aromatic nitrogens is 1. The van der Waals surface area contributed by atoms with Crippen molar-refractivity contribution >= 4 is 17.8 Å². The van der Waals surface area contributed by atoms with Gasteiger partial charge in [0.15, 0.2) is 0 Å². The zero-order chi connectivity index (χ0) is 17.8. The largest absolute Gasteiger partial charge is 0.477 e. The predicted octanol–water partition coefficient (Wildman–Crippen LogP) is 1.29. The number of hydrogen-bond acceptors (Lipinski definition) is 5. The maximum atomic E-state index is 12.6. The molecule has 130 valence electrons. The molecule has 1 aliphatic heterocycles. The third-order valence-electron chi connectivity index (χ3n) is 4.02. The van der Waals surface area contributed by atoms with Crippen LogP contribution in [0.15, 0.2) is 41.0 Å². The number of nitrogens with zero attached hydrogens (tertiary/aromatic N) is 2. The van der Waals surface area contributed by atoms with Gasteiger partial charge in [-0.1, -0.05) is 6.07 Å². The minimum atomic E-state index is -1.20. The standard InChI is InChI=1S/C17H17N3O5/c21-15(18-10-11-4-3-9-25-11)14-7-2-8-20(14)16(22)12-5-1-6-13(19-12)17(23)24/h1,3-6,9,14H,2,7-8,10H2,(H,18,21)(H,23,24)/t14-/m0/s1. The fourth-order valence-electron chi connectivity index (χ4n) is 2.81. The molecule has 1 aliphatic rings. The maximum Gasteiger partial charge on any atom is 0.354 e. The van der Waals surface area contributed by atoms with Crippen molar-refractivity contribution in [1.82, 2.24) is 15.2 Å². The van der Waals surface area contributed by atoms with Crippen LogP contribution in [0.4, 0.5) is 0 Å². The topological polar surface area (TPSA) is 113 Å². The molecule has 0 bridgehead atoms. The van der Waals surface area contributed by atoms with Crippen LogP contribution in [0.1, 0.15) is 39.6 Å². The summed E-state index contributed by atoms with van der Waals surface area (Å²) in [4.78, 5) is 41.3. The second kappa shape index (κ2) is 7.16. The molecule has 1 fully saturated rings. The number of nitrogens with one attached hydrogen (secondary N) is 1. The number of hydrogen-bond donors (Lipinski definition) is 2. The average molecular weight is 343 g/mol. The van der Waals surface area contributed by atoms with Gasteiger partial charge in [-0.15, -0.1) is 0 Å². The van der Waals surface area contributed by atoms with Gasteiger partial charge >= 0.3 is 5.97 Å². The first kappa shape index (κ1) is 16.7. The molecule has 0 aromatic carbocycles. The SMILES string of the molecule is O=C(O)c1cccc(C(=O)N2CCC[C@H]2C(=O)NCc2ccco2)n1. The third kappa shape index (κ3) is 3.68. The first-order chi connectivity index (χ1) is 12.1. The van der Waals surface area contributed by atoms with Gasteiger partial charge < -0.3 is 19.7 Å². The average Bonchev–Trinajstić information content (AvgIpc) is 3.30. The molecule has 2 aromatic heterocycles. The molecule has 25 heavy (non-hydrogen) atoms. The van der Waals surface area contributed by atoms with Crippen molar-refractivity contribution in [3.8, 4) is 0 Å². The van der Waals surface area contributed by atoms with Gasteiger partial charge in [0.25, 0.3) is 5.91 Å². The van der Waals surface area contributed by atoms with E-state index in [-0.39, 0.29) is 23.8 Å². The summed E-state index contributed by atoms with van der Waals surface area (Å²) < 4.78 is 5.16. The van der Waals surface area contributed by atoms with Crippen LogP contribution in [0.3, 0.4) is 0 Å². The maximum absolute atomic E-state index is 12.6. The molecule has 2 aromatic rings. The van der Waals surface area contributed by atoms with E-state index in [9.17, 15) is 14.4 Å². The Balaban J connectivity index is 1.70. The van der Waals surface area contributed by atoms with Crippen LogP contribution in [0, 0.1) is 0 Å². The van der Waals surface area contributed by atoms with Gasteiger partial charge in [-0.3, -0.25) is 9.59 Å². The molecule has 3 heterocycles. The fourth-order valence-corrected chi connectivity index (χ4v) is 2.81. The Morgan fingerprint density at radius 3 is 2.76 bits per heavy atom. The normalized spacial score (nSPS) is 16.6. The highest BCUT2D eigenvalue weighted by atomic mass is 16.4. The first-order valence-electron chi connectivity index (χ1n) is 7.87. The third-order valence-corrected chi connectivity index (χ3v) is 4.02. The Labute approximate surface area is 143 Å². The van der Waals surface area contributed by atoms with Gasteiger partial charge in [0.2, 0.25) is 5.91 Å². The van der Waals surface area contributed by atoms with Crippen LogP contribution in [0.5, 0.6) is 0 Å². The molecule has 2 amide bonds. The number of carbonyl (C=O) groups is 3. The number of likely N-dealkylation sites (tertiary alicyclic amines) is 1. The zero-order valence-corrected chi connectivity index (χ0v) is 13.3. The van der Waals surface area contributed by atoms with Crippen LogP contribution < -0.4 is 5.32 Å². The number of carboxylic acids is 1. The van der Waals surface area contributed by atoms with E-state index < -0.39 is 17.9 Å². The molecule has 0 aliphatic carbocycles. The number of carbonyl (C=O) groups excluding carboxylic acids is 2. The highest BCUT2D eigenvalue weighted by molar-refractivity contribution is 5.97. The van der Waals surface area contributed by atoms with E-state index in [2.05, 4.69) is 10.3 Å². The van der Waals surface area contributed by atoms with Crippen LogP contribution in [-0.2, 0) is 11.3 Å². The van der Waals surface area contributed by atoms with Gasteiger partial charge in [-0.05, 0) is 37.1 Å². The Bertz CT molecular complexity index is 787. The molecule has 2 N–H and O–H groups in total. The summed E-state index contributed by atoms with van der Waals surface area (Å²) in [5.74, 6) is -1.29. The van der Waals surface area contributed by atoms with E-state index in [0.717, 1.165) is 0 Å². The molecule has 0 unspecified atom stereocenters. The first-order valence-corrected chi connectivity index (χ1v) is 7.87. The number of aromatic carboxylic acids is 1. The van der Waals surface area contributed by atoms with E-state index in [0.29, 0.717) is 25.1 Å².